The molecule has 0 spiro atoms. The summed E-state index contributed by atoms with van der Waals surface area (Å²) < 4.78 is 3.26. The van der Waals surface area contributed by atoms with Gasteiger partial charge in [-0.3, -0.25) is 0 Å². The average molecular weight is 404 g/mol. The smallest absolute Gasteiger partial charge is 0.110 e. The van der Waals surface area contributed by atoms with Crippen LogP contribution in [0.2, 0.25) is 5.02 Å². The number of likely N-dealkylation sites (N-methyl/N-ethyl adjacent to an activating group) is 1. The molecule has 0 bridgehead atoms. The van der Waals surface area contributed by atoms with Gasteiger partial charge in [-0.25, -0.2) is 4.98 Å². The predicted molar refractivity (Wildman–Crippen MR) is 92.2 cm³/mol. The van der Waals surface area contributed by atoms with Crippen LogP contribution in [0.4, 0.5) is 0 Å². The van der Waals surface area contributed by atoms with Gasteiger partial charge in [0.15, 0.2) is 0 Å². The standard InChI is InChI=1S/C15H19ClIN3/c1-3-18-14(10-15-19-7-8-20(15)4-2)11-5-6-13(17)12(16)9-11/h5-9,14,18H,3-4,10H2,1-2H3. The quantitative estimate of drug-likeness (QED) is 0.737. The van der Waals surface area contributed by atoms with E-state index in [1.54, 1.807) is 0 Å². The number of nitrogens with one attached hydrogen (secondary N) is 1. The summed E-state index contributed by atoms with van der Waals surface area (Å²) in [5.74, 6) is 1.10. The molecule has 1 N–H and O–H groups in total. The molecule has 0 aliphatic carbocycles. The van der Waals surface area contributed by atoms with E-state index < -0.39 is 0 Å². The summed E-state index contributed by atoms with van der Waals surface area (Å²) in [5, 5.41) is 4.33. The van der Waals surface area contributed by atoms with Crippen LogP contribution in [0.5, 0.6) is 0 Å². The number of rotatable bonds is 6. The molecule has 1 unspecified atom stereocenters. The molecule has 0 amide bonds. The van der Waals surface area contributed by atoms with Gasteiger partial charge in [-0.2, -0.15) is 0 Å². The third-order valence-corrected chi connectivity index (χ3v) is 4.90. The van der Waals surface area contributed by atoms with Gasteiger partial charge >= 0.3 is 0 Å². The second kappa shape index (κ2) is 7.43. The minimum atomic E-state index is 0.238. The zero-order chi connectivity index (χ0) is 14.5. The van der Waals surface area contributed by atoms with E-state index in [0.29, 0.717) is 0 Å². The zero-order valence-corrected chi connectivity index (χ0v) is 14.6. The molecule has 5 heteroatoms. The summed E-state index contributed by atoms with van der Waals surface area (Å²) in [4.78, 5) is 4.46. The lowest BCUT2D eigenvalue weighted by molar-refractivity contribution is 0.522. The van der Waals surface area contributed by atoms with Crippen molar-refractivity contribution in [3.63, 3.8) is 0 Å². The summed E-state index contributed by atoms with van der Waals surface area (Å²) in [6, 6.07) is 6.49. The monoisotopic (exact) mass is 403 g/mol. The topological polar surface area (TPSA) is 29.9 Å². The first-order valence-corrected chi connectivity index (χ1v) is 8.29. The van der Waals surface area contributed by atoms with Crippen LogP contribution in [-0.4, -0.2) is 16.1 Å². The van der Waals surface area contributed by atoms with Gasteiger partial charge in [0.25, 0.3) is 0 Å². The molecular weight excluding hydrogens is 385 g/mol. The van der Waals surface area contributed by atoms with Crippen molar-refractivity contribution >= 4 is 34.2 Å². The molecule has 0 fully saturated rings. The highest BCUT2D eigenvalue weighted by Gasteiger charge is 2.15. The van der Waals surface area contributed by atoms with Crippen molar-refractivity contribution in [2.75, 3.05) is 6.54 Å². The molecule has 0 radical (unpaired) electrons. The van der Waals surface area contributed by atoms with Gasteiger partial charge in [0.2, 0.25) is 0 Å². The third-order valence-electron chi connectivity index (χ3n) is 3.33. The summed E-state index contributed by atoms with van der Waals surface area (Å²) >= 11 is 8.49. The van der Waals surface area contributed by atoms with E-state index in [2.05, 4.69) is 69.5 Å². The fourth-order valence-corrected chi connectivity index (χ4v) is 2.81. The third kappa shape index (κ3) is 3.74. The maximum absolute atomic E-state index is 6.24. The van der Waals surface area contributed by atoms with E-state index >= 15 is 0 Å². The Balaban J connectivity index is 2.24. The normalized spacial score (nSPS) is 12.6. The van der Waals surface area contributed by atoms with Crippen molar-refractivity contribution in [3.8, 4) is 0 Å². The van der Waals surface area contributed by atoms with Gasteiger partial charge in [0, 0.05) is 35.0 Å². The Morgan fingerprint density at radius 2 is 2.20 bits per heavy atom. The first kappa shape index (κ1) is 15.8. The van der Waals surface area contributed by atoms with Crippen molar-refractivity contribution in [3.05, 3.63) is 50.6 Å². The van der Waals surface area contributed by atoms with Crippen LogP contribution < -0.4 is 5.32 Å². The molecule has 0 saturated heterocycles. The molecule has 2 rings (SSSR count). The Morgan fingerprint density at radius 3 is 2.85 bits per heavy atom. The van der Waals surface area contributed by atoms with Crippen molar-refractivity contribution in [1.29, 1.82) is 0 Å². The maximum Gasteiger partial charge on any atom is 0.110 e. The van der Waals surface area contributed by atoms with E-state index in [-0.39, 0.29) is 6.04 Å². The van der Waals surface area contributed by atoms with Crippen LogP contribution in [0.3, 0.4) is 0 Å². The van der Waals surface area contributed by atoms with Gasteiger partial charge in [-0.1, -0.05) is 24.6 Å². The van der Waals surface area contributed by atoms with E-state index in [9.17, 15) is 0 Å². The Bertz CT molecular complexity index is 568. The SMILES string of the molecule is CCNC(Cc1nccn1CC)c1ccc(I)c(Cl)c1. The largest absolute Gasteiger partial charge is 0.335 e. The summed E-state index contributed by atoms with van der Waals surface area (Å²) in [5.41, 5.74) is 1.21. The summed E-state index contributed by atoms with van der Waals surface area (Å²) in [6.07, 6.45) is 4.76. The van der Waals surface area contributed by atoms with Crippen LogP contribution in [0.1, 0.15) is 31.3 Å². The number of imidazole rings is 1. The number of benzene rings is 1. The molecule has 0 aliphatic rings. The molecule has 1 aromatic carbocycles. The van der Waals surface area contributed by atoms with Gasteiger partial charge in [0.1, 0.15) is 5.82 Å². The van der Waals surface area contributed by atoms with E-state index in [1.165, 1.54) is 5.56 Å². The summed E-state index contributed by atoms with van der Waals surface area (Å²) in [7, 11) is 0. The number of halogens is 2. The molecule has 0 aliphatic heterocycles. The number of aromatic nitrogens is 2. The predicted octanol–water partition coefficient (Wildman–Crippen LogP) is 4.05. The van der Waals surface area contributed by atoms with Gasteiger partial charge in [0.05, 0.1) is 5.02 Å². The lowest BCUT2D eigenvalue weighted by Gasteiger charge is -2.19. The highest BCUT2D eigenvalue weighted by atomic mass is 127. The maximum atomic E-state index is 6.24. The van der Waals surface area contributed by atoms with Crippen molar-refractivity contribution in [2.45, 2.75) is 32.9 Å². The highest BCUT2D eigenvalue weighted by Crippen LogP contribution is 2.25. The molecule has 108 valence electrons. The van der Waals surface area contributed by atoms with E-state index in [4.69, 9.17) is 11.6 Å². The van der Waals surface area contributed by atoms with Gasteiger partial charge < -0.3 is 9.88 Å². The van der Waals surface area contributed by atoms with Crippen LogP contribution in [0.15, 0.2) is 30.6 Å². The average Bonchev–Trinajstić information content (AvgIpc) is 2.88. The second-order valence-corrected chi connectivity index (χ2v) is 6.19. The fourth-order valence-electron chi connectivity index (χ4n) is 2.28. The minimum absolute atomic E-state index is 0.238. The molecule has 1 heterocycles. The lowest BCUT2D eigenvalue weighted by Crippen LogP contribution is -2.24. The second-order valence-electron chi connectivity index (χ2n) is 4.62. The Morgan fingerprint density at radius 1 is 1.40 bits per heavy atom. The number of hydrogen-bond acceptors (Lipinski definition) is 2. The van der Waals surface area contributed by atoms with Gasteiger partial charge in [-0.15, -0.1) is 0 Å². The van der Waals surface area contributed by atoms with Crippen LogP contribution >= 0.6 is 34.2 Å². The Kier molecular flexibility index (Phi) is 5.86. The molecule has 2 aromatic rings. The lowest BCUT2D eigenvalue weighted by atomic mass is 10.0. The number of hydrogen-bond donors (Lipinski definition) is 1. The first-order chi connectivity index (χ1) is 9.65. The van der Waals surface area contributed by atoms with Crippen LogP contribution in [-0.2, 0) is 13.0 Å². The minimum Gasteiger partial charge on any atom is -0.335 e. The van der Waals surface area contributed by atoms with E-state index in [1.807, 2.05) is 12.4 Å². The molecule has 1 aromatic heterocycles. The summed E-state index contributed by atoms with van der Waals surface area (Å²) in [6.45, 7) is 6.12. The van der Waals surface area contributed by atoms with Crippen LogP contribution in [0.25, 0.3) is 0 Å². The van der Waals surface area contributed by atoms with E-state index in [0.717, 1.165) is 33.9 Å². The zero-order valence-electron chi connectivity index (χ0n) is 11.7. The van der Waals surface area contributed by atoms with Crippen molar-refractivity contribution in [1.82, 2.24) is 14.9 Å². The fraction of sp³-hybridized carbons (Fsp3) is 0.400. The van der Waals surface area contributed by atoms with Crippen molar-refractivity contribution in [2.24, 2.45) is 0 Å². The first-order valence-electron chi connectivity index (χ1n) is 6.84. The molecule has 1 atom stereocenters. The van der Waals surface area contributed by atoms with Gasteiger partial charge in [-0.05, 0) is 53.8 Å². The molecular formula is C15H19ClIN3. The molecule has 3 nitrogen and oxygen atoms in total. The van der Waals surface area contributed by atoms with Crippen molar-refractivity contribution < 1.29 is 0 Å². The number of nitrogens with zero attached hydrogens (tertiary/aromatic N) is 2. The number of aryl methyl sites for hydroxylation is 1. The molecule has 20 heavy (non-hydrogen) atoms. The molecule has 0 saturated carbocycles. The highest BCUT2D eigenvalue weighted by molar-refractivity contribution is 14.1. The Labute approximate surface area is 138 Å². The van der Waals surface area contributed by atoms with Crippen LogP contribution in [0, 0.1) is 3.57 Å². The Hall–Kier alpha value is -0.590.